The molecule has 0 aliphatic rings. The number of methoxy groups -OCH3 is 1. The van der Waals surface area contributed by atoms with Crippen molar-refractivity contribution in [3.05, 3.63) is 95.2 Å². The van der Waals surface area contributed by atoms with E-state index in [1.165, 1.54) is 16.7 Å². The minimum atomic E-state index is -0.938. The first-order valence-corrected chi connectivity index (χ1v) is 17.2. The van der Waals surface area contributed by atoms with E-state index in [-0.39, 0.29) is 12.5 Å². The predicted molar refractivity (Wildman–Crippen MR) is 201 cm³/mol. The molecular weight excluding hydrogens is 604 g/mol. The molecule has 0 aromatic carbocycles. The zero-order valence-corrected chi connectivity index (χ0v) is 30.8. The van der Waals surface area contributed by atoms with Crippen molar-refractivity contribution in [3.8, 4) is 0 Å². The molecule has 270 valence electrons. The number of unbranched alkanes of at least 4 members (excludes halogenated alkanes) is 2. The van der Waals surface area contributed by atoms with Gasteiger partial charge in [-0.2, -0.15) is 0 Å². The first-order valence-electron chi connectivity index (χ1n) is 17.2. The SMILES string of the molecule is CC.COC(/C=C/C=C/C(C)C/C(C)=C/C=C(\C)CNC(=O)C(CO)NC=O)CC/C=C(C)\C=C\CC/C=C(C)/C=C/CCCC(=O)O. The lowest BCUT2D eigenvalue weighted by molar-refractivity contribution is -0.137. The van der Waals surface area contributed by atoms with E-state index in [1.54, 1.807) is 7.11 Å². The van der Waals surface area contributed by atoms with Crippen molar-refractivity contribution in [1.29, 1.82) is 0 Å². The van der Waals surface area contributed by atoms with Crippen molar-refractivity contribution >= 4 is 18.3 Å². The highest BCUT2D eigenvalue weighted by atomic mass is 16.5. The molecule has 0 spiro atoms. The topological polar surface area (TPSA) is 125 Å². The van der Waals surface area contributed by atoms with E-state index in [0.29, 0.717) is 25.3 Å². The van der Waals surface area contributed by atoms with Gasteiger partial charge in [-0.25, -0.2) is 0 Å². The van der Waals surface area contributed by atoms with E-state index in [0.717, 1.165) is 44.1 Å². The summed E-state index contributed by atoms with van der Waals surface area (Å²) in [6.07, 6.45) is 32.2. The first-order chi connectivity index (χ1) is 23.0. The molecule has 0 bridgehead atoms. The summed E-state index contributed by atoms with van der Waals surface area (Å²) in [7, 11) is 1.74. The van der Waals surface area contributed by atoms with Crippen LogP contribution in [0.25, 0.3) is 0 Å². The minimum absolute atomic E-state index is 0.0513. The van der Waals surface area contributed by atoms with Gasteiger partial charge < -0.3 is 25.6 Å². The number of ether oxygens (including phenoxy) is 1. The van der Waals surface area contributed by atoms with Crippen LogP contribution in [0, 0.1) is 5.92 Å². The number of hydrogen-bond donors (Lipinski definition) is 4. The van der Waals surface area contributed by atoms with Crippen LogP contribution in [0.1, 0.15) is 99.8 Å². The molecule has 8 heteroatoms. The normalized spacial score (nSPS) is 15.1. The van der Waals surface area contributed by atoms with Crippen molar-refractivity contribution < 1.29 is 29.3 Å². The predicted octanol–water partition coefficient (Wildman–Crippen LogP) is 8.10. The lowest BCUT2D eigenvalue weighted by Gasteiger charge is -2.13. The second-order valence-corrected chi connectivity index (χ2v) is 11.6. The van der Waals surface area contributed by atoms with Crippen LogP contribution in [-0.2, 0) is 19.1 Å². The third-order valence-corrected chi connectivity index (χ3v) is 7.03. The third-order valence-electron chi connectivity index (χ3n) is 7.03. The Bertz CT molecular complexity index is 1140. The summed E-state index contributed by atoms with van der Waals surface area (Å²) in [5, 5.41) is 22.8. The Hall–Kier alpha value is -3.75. The summed E-state index contributed by atoms with van der Waals surface area (Å²) in [6, 6.07) is -0.938. The zero-order valence-electron chi connectivity index (χ0n) is 30.8. The van der Waals surface area contributed by atoms with Crippen molar-refractivity contribution in [1.82, 2.24) is 10.6 Å². The molecule has 0 rings (SSSR count). The number of carboxylic acid groups (broad SMARTS) is 1. The summed E-state index contributed by atoms with van der Waals surface area (Å²) in [5.41, 5.74) is 4.63. The molecule has 4 N–H and O–H groups in total. The standard InChI is InChI=1S/C38H58N2O6.C2H6/c1-30(17-11-8-12-23-37(43)44)16-9-7-10-18-31(2)20-15-22-35(46-6)21-14-13-19-32(3)26-33(4)24-25-34(5)27-39-38(45)36(28-41)40-29-42;1-2/h10-11,13-14,16-21,24-25,29,32,35-36,41H,7-9,12,15,22-23,26-28H2,1-6H3,(H,39,45)(H,40,42)(H,43,44);1-2H3/b17-11+,18-10+,19-13+,21-14+,30-16+,31-20-,33-24+,34-25+;. The number of allylic oxidation sites excluding steroid dienone is 14. The van der Waals surface area contributed by atoms with E-state index in [4.69, 9.17) is 14.9 Å². The summed E-state index contributed by atoms with van der Waals surface area (Å²) >= 11 is 0. The highest BCUT2D eigenvalue weighted by Gasteiger charge is 2.15. The third kappa shape index (κ3) is 28.5. The summed E-state index contributed by atoms with van der Waals surface area (Å²) in [5.74, 6) is -0.803. The number of rotatable bonds is 25. The molecule has 0 heterocycles. The smallest absolute Gasteiger partial charge is 0.303 e. The first kappa shape index (κ1) is 46.4. The Balaban J connectivity index is 0. The van der Waals surface area contributed by atoms with Crippen LogP contribution in [0.2, 0.25) is 0 Å². The number of aliphatic hydroxyl groups excluding tert-OH is 1. The van der Waals surface area contributed by atoms with E-state index < -0.39 is 24.5 Å². The lowest BCUT2D eigenvalue weighted by atomic mass is 10.0. The van der Waals surface area contributed by atoms with Gasteiger partial charge in [0.2, 0.25) is 12.3 Å². The van der Waals surface area contributed by atoms with Gasteiger partial charge in [0.1, 0.15) is 6.04 Å². The number of aliphatic carboxylic acids is 1. The molecule has 0 aromatic heterocycles. The van der Waals surface area contributed by atoms with E-state index in [9.17, 15) is 14.4 Å². The van der Waals surface area contributed by atoms with E-state index in [2.05, 4.69) is 86.9 Å². The zero-order chi connectivity index (χ0) is 36.6. The Kier molecular flexibility index (Phi) is 30.7. The largest absolute Gasteiger partial charge is 0.481 e. The average molecular weight is 669 g/mol. The number of hydrogen-bond acceptors (Lipinski definition) is 5. The van der Waals surface area contributed by atoms with Gasteiger partial charge in [-0.3, -0.25) is 14.4 Å². The van der Waals surface area contributed by atoms with Gasteiger partial charge in [0.05, 0.1) is 12.7 Å². The van der Waals surface area contributed by atoms with Gasteiger partial charge in [-0.05, 0) is 78.6 Å². The molecule has 0 aromatic rings. The van der Waals surface area contributed by atoms with Crippen LogP contribution in [0.5, 0.6) is 0 Å². The van der Waals surface area contributed by atoms with Crippen LogP contribution in [-0.4, -0.2) is 60.9 Å². The molecule has 0 aliphatic carbocycles. The van der Waals surface area contributed by atoms with Gasteiger partial charge in [-0.15, -0.1) is 0 Å². The number of aliphatic hydroxyl groups is 1. The molecule has 0 saturated carbocycles. The molecule has 48 heavy (non-hydrogen) atoms. The quantitative estimate of drug-likeness (QED) is 0.0443. The number of carbonyl (C=O) groups excluding carboxylic acids is 2. The molecule has 0 aliphatic heterocycles. The second kappa shape index (κ2) is 31.8. The minimum Gasteiger partial charge on any atom is -0.481 e. The van der Waals surface area contributed by atoms with Crippen LogP contribution >= 0.6 is 0 Å². The summed E-state index contributed by atoms with van der Waals surface area (Å²) < 4.78 is 5.63. The fraction of sp³-hybridized carbons (Fsp3) is 0.525. The maximum atomic E-state index is 12.0. The lowest BCUT2D eigenvalue weighted by Crippen LogP contribution is -2.46. The summed E-state index contributed by atoms with van der Waals surface area (Å²) in [4.78, 5) is 33.0. The summed E-state index contributed by atoms with van der Waals surface area (Å²) in [6.45, 7) is 14.2. The number of carboxylic acids is 1. The molecule has 8 nitrogen and oxygen atoms in total. The highest BCUT2D eigenvalue weighted by molar-refractivity contribution is 5.83. The second-order valence-electron chi connectivity index (χ2n) is 11.6. The van der Waals surface area contributed by atoms with Crippen LogP contribution in [0.15, 0.2) is 95.2 Å². The molecule has 0 radical (unpaired) electrons. The van der Waals surface area contributed by atoms with Crippen molar-refractivity contribution in [3.63, 3.8) is 0 Å². The van der Waals surface area contributed by atoms with E-state index in [1.807, 2.05) is 45.1 Å². The van der Waals surface area contributed by atoms with Gasteiger partial charge in [-0.1, -0.05) is 116 Å². The molecule has 0 fully saturated rings. The Labute approximate surface area is 291 Å². The van der Waals surface area contributed by atoms with Gasteiger partial charge >= 0.3 is 5.97 Å². The van der Waals surface area contributed by atoms with Crippen LogP contribution in [0.3, 0.4) is 0 Å². The molecule has 2 amide bonds. The molecular formula is C40H64N2O6. The average Bonchev–Trinajstić information content (AvgIpc) is 3.06. The fourth-order valence-electron chi connectivity index (χ4n) is 4.29. The fourth-order valence-corrected chi connectivity index (χ4v) is 4.29. The Morgan fingerprint density at radius 2 is 1.46 bits per heavy atom. The van der Waals surface area contributed by atoms with E-state index >= 15 is 0 Å². The van der Waals surface area contributed by atoms with Crippen molar-refractivity contribution in [2.24, 2.45) is 5.92 Å². The number of carbonyl (C=O) groups is 3. The Morgan fingerprint density at radius 1 is 0.854 bits per heavy atom. The monoisotopic (exact) mass is 668 g/mol. The number of nitrogens with one attached hydrogen (secondary N) is 2. The van der Waals surface area contributed by atoms with Crippen molar-refractivity contribution in [2.45, 2.75) is 112 Å². The Morgan fingerprint density at radius 3 is 2.06 bits per heavy atom. The molecule has 0 saturated heterocycles. The molecule has 3 unspecified atom stereocenters. The maximum absolute atomic E-state index is 12.0. The molecule has 3 atom stereocenters. The highest BCUT2D eigenvalue weighted by Crippen LogP contribution is 2.14. The van der Waals surface area contributed by atoms with Gasteiger partial charge in [0.25, 0.3) is 0 Å². The van der Waals surface area contributed by atoms with Crippen molar-refractivity contribution in [2.75, 3.05) is 20.3 Å². The van der Waals surface area contributed by atoms with Crippen LogP contribution in [0.4, 0.5) is 0 Å². The maximum Gasteiger partial charge on any atom is 0.303 e. The van der Waals surface area contributed by atoms with Gasteiger partial charge in [0.15, 0.2) is 0 Å². The van der Waals surface area contributed by atoms with Gasteiger partial charge in [0, 0.05) is 20.1 Å². The number of amides is 2. The van der Waals surface area contributed by atoms with Crippen LogP contribution < -0.4 is 10.6 Å².